The van der Waals surface area contributed by atoms with Crippen LogP contribution in [0.1, 0.15) is 17.8 Å². The van der Waals surface area contributed by atoms with Crippen LogP contribution in [0.4, 0.5) is 0 Å². The van der Waals surface area contributed by atoms with E-state index in [-0.39, 0.29) is 11.8 Å². The number of carbonyl (C=O) groups excluding carboxylic acids is 1. The Balaban J connectivity index is 2.02. The number of hydrogen-bond donors (Lipinski definition) is 2. The lowest BCUT2D eigenvalue weighted by atomic mass is 10.3. The number of nitrogens with one attached hydrogen (secondary N) is 1. The highest BCUT2D eigenvalue weighted by atomic mass is 16.4. The zero-order valence-electron chi connectivity index (χ0n) is 9.23. The van der Waals surface area contributed by atoms with E-state index in [0.717, 1.165) is 11.4 Å². The molecule has 1 amide bonds. The van der Waals surface area contributed by atoms with Crippen LogP contribution in [0, 0.1) is 25.7 Å². The van der Waals surface area contributed by atoms with E-state index in [1.165, 1.54) is 0 Å². The number of carboxylic acid groups (broad SMARTS) is 1. The van der Waals surface area contributed by atoms with Gasteiger partial charge in [-0.15, -0.1) is 0 Å². The molecule has 5 nitrogen and oxygen atoms in total. The van der Waals surface area contributed by atoms with Gasteiger partial charge in [-0.05, 0) is 32.4 Å². The first-order valence-corrected chi connectivity index (χ1v) is 5.19. The van der Waals surface area contributed by atoms with E-state index in [1.54, 1.807) is 4.68 Å². The predicted octanol–water partition coefficient (Wildman–Crippen LogP) is 0.896. The van der Waals surface area contributed by atoms with Crippen molar-refractivity contribution in [3.8, 4) is 0 Å². The number of amides is 1. The van der Waals surface area contributed by atoms with E-state index in [1.807, 2.05) is 26.0 Å². The van der Waals surface area contributed by atoms with Crippen LogP contribution in [-0.2, 0) is 9.59 Å². The highest BCUT2D eigenvalue weighted by Gasteiger charge is 2.48. The quantitative estimate of drug-likeness (QED) is 0.798. The first-order chi connectivity index (χ1) is 7.50. The van der Waals surface area contributed by atoms with Gasteiger partial charge in [0.1, 0.15) is 0 Å². The van der Waals surface area contributed by atoms with E-state index >= 15 is 0 Å². The van der Waals surface area contributed by atoms with Gasteiger partial charge >= 0.3 is 5.97 Å². The summed E-state index contributed by atoms with van der Waals surface area (Å²) in [7, 11) is 0. The Morgan fingerprint density at radius 1 is 1.31 bits per heavy atom. The normalized spacial score (nSPS) is 22.9. The second-order valence-corrected chi connectivity index (χ2v) is 4.21. The minimum atomic E-state index is -0.888. The van der Waals surface area contributed by atoms with Crippen LogP contribution in [0.15, 0.2) is 12.1 Å². The summed E-state index contributed by atoms with van der Waals surface area (Å²) in [5, 5.41) is 8.72. The van der Waals surface area contributed by atoms with Crippen molar-refractivity contribution >= 4 is 11.9 Å². The van der Waals surface area contributed by atoms with E-state index in [2.05, 4.69) is 5.43 Å². The Kier molecular flexibility index (Phi) is 2.46. The van der Waals surface area contributed by atoms with Crippen molar-refractivity contribution < 1.29 is 14.7 Å². The highest BCUT2D eigenvalue weighted by molar-refractivity contribution is 5.94. The van der Waals surface area contributed by atoms with Gasteiger partial charge in [-0.2, -0.15) is 0 Å². The van der Waals surface area contributed by atoms with Crippen LogP contribution >= 0.6 is 0 Å². The lowest BCUT2D eigenvalue weighted by Crippen LogP contribution is -2.27. The van der Waals surface area contributed by atoms with Gasteiger partial charge in [-0.1, -0.05) is 0 Å². The lowest BCUT2D eigenvalue weighted by molar-refractivity contribution is -0.139. The van der Waals surface area contributed by atoms with Crippen LogP contribution < -0.4 is 5.43 Å². The Hall–Kier alpha value is -1.78. The molecule has 1 aliphatic carbocycles. The molecule has 0 saturated heterocycles. The number of aliphatic carboxylic acids is 1. The van der Waals surface area contributed by atoms with Crippen molar-refractivity contribution in [2.75, 3.05) is 5.43 Å². The van der Waals surface area contributed by atoms with Crippen LogP contribution in [-0.4, -0.2) is 21.7 Å². The summed E-state index contributed by atoms with van der Waals surface area (Å²) < 4.78 is 1.68. The van der Waals surface area contributed by atoms with E-state index < -0.39 is 11.9 Å². The van der Waals surface area contributed by atoms with Gasteiger partial charge in [-0.25, -0.2) is 0 Å². The third kappa shape index (κ3) is 1.80. The summed E-state index contributed by atoms with van der Waals surface area (Å²) in [4.78, 5) is 22.3. The average Bonchev–Trinajstić information content (AvgIpc) is 2.96. The molecule has 0 radical (unpaired) electrons. The van der Waals surface area contributed by atoms with Gasteiger partial charge in [0, 0.05) is 11.4 Å². The summed E-state index contributed by atoms with van der Waals surface area (Å²) >= 11 is 0. The first-order valence-electron chi connectivity index (χ1n) is 5.19. The monoisotopic (exact) mass is 222 g/mol. The van der Waals surface area contributed by atoms with Gasteiger partial charge in [-0.3, -0.25) is 19.7 Å². The number of aryl methyl sites for hydroxylation is 2. The zero-order valence-corrected chi connectivity index (χ0v) is 9.23. The van der Waals surface area contributed by atoms with Gasteiger partial charge in [0.2, 0.25) is 5.91 Å². The maximum absolute atomic E-state index is 11.7. The highest BCUT2D eigenvalue weighted by Crippen LogP contribution is 2.38. The Morgan fingerprint density at radius 2 is 1.88 bits per heavy atom. The van der Waals surface area contributed by atoms with Crippen LogP contribution in [0.5, 0.6) is 0 Å². The Labute approximate surface area is 93.0 Å². The topological polar surface area (TPSA) is 71.3 Å². The molecule has 1 aliphatic rings. The van der Waals surface area contributed by atoms with Gasteiger partial charge < -0.3 is 5.11 Å². The minimum Gasteiger partial charge on any atom is -0.481 e. The lowest BCUT2D eigenvalue weighted by Gasteiger charge is -2.10. The number of nitrogens with zero attached hydrogens (tertiary/aromatic N) is 1. The molecule has 1 saturated carbocycles. The number of carboxylic acids is 1. The summed E-state index contributed by atoms with van der Waals surface area (Å²) in [5.41, 5.74) is 4.58. The van der Waals surface area contributed by atoms with E-state index in [0.29, 0.717) is 6.42 Å². The Morgan fingerprint density at radius 3 is 2.31 bits per heavy atom. The van der Waals surface area contributed by atoms with Crippen molar-refractivity contribution in [1.82, 2.24) is 4.68 Å². The van der Waals surface area contributed by atoms with E-state index in [9.17, 15) is 9.59 Å². The fourth-order valence-corrected chi connectivity index (χ4v) is 1.80. The molecular formula is C11H14N2O3. The van der Waals surface area contributed by atoms with Crippen LogP contribution in [0.25, 0.3) is 0 Å². The minimum absolute atomic E-state index is 0.213. The van der Waals surface area contributed by atoms with Gasteiger partial charge in [0.05, 0.1) is 11.8 Å². The summed E-state index contributed by atoms with van der Waals surface area (Å²) in [5.74, 6) is -1.98. The van der Waals surface area contributed by atoms with E-state index in [4.69, 9.17) is 5.11 Å². The molecule has 1 heterocycles. The molecule has 86 valence electrons. The molecule has 5 heteroatoms. The van der Waals surface area contributed by atoms with Gasteiger partial charge in [0.15, 0.2) is 0 Å². The summed E-state index contributed by atoms with van der Waals surface area (Å²) in [6.07, 6.45) is 0.445. The van der Waals surface area contributed by atoms with Crippen molar-refractivity contribution in [3.63, 3.8) is 0 Å². The molecule has 1 aromatic rings. The third-order valence-electron chi connectivity index (χ3n) is 2.94. The zero-order chi connectivity index (χ0) is 11.9. The molecule has 0 spiro atoms. The SMILES string of the molecule is Cc1ccc(C)n1NC(=O)C1CC1C(=O)O. The van der Waals surface area contributed by atoms with Crippen LogP contribution in [0.2, 0.25) is 0 Å². The molecule has 0 aromatic carbocycles. The number of aromatic nitrogens is 1. The molecule has 2 N–H and O–H groups in total. The molecular weight excluding hydrogens is 208 g/mol. The number of hydrogen-bond acceptors (Lipinski definition) is 2. The van der Waals surface area contributed by atoms with Crippen molar-refractivity contribution in [1.29, 1.82) is 0 Å². The van der Waals surface area contributed by atoms with Crippen LogP contribution in [0.3, 0.4) is 0 Å². The first kappa shape index (κ1) is 10.7. The smallest absolute Gasteiger partial charge is 0.307 e. The van der Waals surface area contributed by atoms with Crippen molar-refractivity contribution in [2.24, 2.45) is 11.8 Å². The van der Waals surface area contributed by atoms with Crippen molar-refractivity contribution in [3.05, 3.63) is 23.5 Å². The molecule has 16 heavy (non-hydrogen) atoms. The second kappa shape index (κ2) is 3.66. The average molecular weight is 222 g/mol. The molecule has 1 fully saturated rings. The number of rotatable bonds is 3. The fraction of sp³-hybridized carbons (Fsp3) is 0.455. The maximum Gasteiger partial charge on any atom is 0.307 e. The standard InChI is InChI=1S/C11H14N2O3/c1-6-3-4-7(2)13(6)12-10(14)8-5-9(8)11(15)16/h3-4,8-9H,5H2,1-2H3,(H,12,14)(H,15,16). The molecule has 2 unspecified atom stereocenters. The maximum atomic E-state index is 11.7. The fourth-order valence-electron chi connectivity index (χ4n) is 1.80. The Bertz CT molecular complexity index is 431. The summed E-state index contributed by atoms with van der Waals surface area (Å²) in [6, 6.07) is 3.80. The second-order valence-electron chi connectivity index (χ2n) is 4.21. The molecule has 0 aliphatic heterocycles. The molecule has 2 rings (SSSR count). The third-order valence-corrected chi connectivity index (χ3v) is 2.94. The van der Waals surface area contributed by atoms with Crippen molar-refractivity contribution in [2.45, 2.75) is 20.3 Å². The van der Waals surface area contributed by atoms with Gasteiger partial charge in [0.25, 0.3) is 0 Å². The number of carbonyl (C=O) groups is 2. The predicted molar refractivity (Wildman–Crippen MR) is 57.5 cm³/mol. The molecule has 1 aromatic heterocycles. The summed E-state index contributed by atoms with van der Waals surface area (Å²) in [6.45, 7) is 3.77. The molecule has 0 bridgehead atoms. The molecule has 2 atom stereocenters. The largest absolute Gasteiger partial charge is 0.481 e.